The number of aromatic nitrogens is 4. The van der Waals surface area contributed by atoms with Crippen LogP contribution in [-0.4, -0.2) is 19.9 Å². The van der Waals surface area contributed by atoms with Crippen LogP contribution in [0.4, 0.5) is 11.8 Å². The van der Waals surface area contributed by atoms with E-state index in [0.29, 0.717) is 5.82 Å². The molecule has 0 bridgehead atoms. The van der Waals surface area contributed by atoms with Gasteiger partial charge in [-0.1, -0.05) is 17.7 Å². The lowest BCUT2D eigenvalue weighted by Gasteiger charge is -2.15. The molecule has 0 unspecified atom stereocenters. The molecule has 8 heteroatoms. The number of nitrogen functional groups attached to an aromatic ring is 1. The first-order valence-electron chi connectivity index (χ1n) is 6.30. The maximum absolute atomic E-state index is 11.3. The van der Waals surface area contributed by atoms with E-state index in [-0.39, 0.29) is 22.8 Å². The average molecular weight is 305 g/mol. The number of halogens is 1. The minimum atomic E-state index is -0.224. The fourth-order valence-corrected chi connectivity index (χ4v) is 2.32. The van der Waals surface area contributed by atoms with E-state index in [1.807, 2.05) is 25.1 Å². The molecule has 0 saturated carbocycles. The molecule has 3 rings (SSSR count). The zero-order valence-electron chi connectivity index (χ0n) is 11.1. The van der Waals surface area contributed by atoms with E-state index < -0.39 is 0 Å². The number of anilines is 2. The molecule has 1 aromatic carbocycles. The molecule has 0 spiro atoms. The number of imidazole rings is 1. The van der Waals surface area contributed by atoms with Gasteiger partial charge in [0.2, 0.25) is 5.95 Å². The molecule has 0 fully saturated rings. The number of rotatable bonds is 3. The van der Waals surface area contributed by atoms with E-state index in [0.717, 1.165) is 16.6 Å². The number of nitrogens with one attached hydrogen (secondary N) is 3. The van der Waals surface area contributed by atoms with Crippen LogP contribution in [0.25, 0.3) is 11.0 Å². The summed E-state index contributed by atoms with van der Waals surface area (Å²) < 4.78 is 0. The summed E-state index contributed by atoms with van der Waals surface area (Å²) >= 11 is 5.85. The molecule has 7 nitrogen and oxygen atoms in total. The molecule has 0 radical (unpaired) electrons. The minimum Gasteiger partial charge on any atom is -0.368 e. The van der Waals surface area contributed by atoms with Crippen molar-refractivity contribution >= 4 is 34.4 Å². The number of aromatic amines is 2. The Kier molecular flexibility index (Phi) is 3.26. The van der Waals surface area contributed by atoms with Gasteiger partial charge in [0, 0.05) is 6.07 Å². The van der Waals surface area contributed by atoms with Gasteiger partial charge < -0.3 is 21.0 Å². The van der Waals surface area contributed by atoms with Crippen LogP contribution in [0.2, 0.25) is 5.15 Å². The third-order valence-corrected chi connectivity index (χ3v) is 3.31. The molecule has 0 aliphatic rings. The van der Waals surface area contributed by atoms with Crippen molar-refractivity contribution < 1.29 is 0 Å². The number of hydrogen-bond donors (Lipinski definition) is 4. The van der Waals surface area contributed by atoms with Gasteiger partial charge in [0.25, 0.3) is 0 Å². The van der Waals surface area contributed by atoms with E-state index in [9.17, 15) is 4.79 Å². The Morgan fingerprint density at radius 3 is 2.76 bits per heavy atom. The normalized spacial score (nSPS) is 12.5. The van der Waals surface area contributed by atoms with Crippen LogP contribution in [0.15, 0.2) is 29.1 Å². The van der Waals surface area contributed by atoms with Crippen molar-refractivity contribution in [1.82, 2.24) is 19.9 Å². The first kappa shape index (κ1) is 13.4. The maximum Gasteiger partial charge on any atom is 0.323 e. The third kappa shape index (κ3) is 2.82. The summed E-state index contributed by atoms with van der Waals surface area (Å²) in [6.07, 6.45) is 0. The van der Waals surface area contributed by atoms with E-state index in [1.54, 1.807) is 6.07 Å². The van der Waals surface area contributed by atoms with Crippen molar-refractivity contribution in [1.29, 1.82) is 0 Å². The molecular formula is C13H13ClN6O. The third-order valence-electron chi connectivity index (χ3n) is 3.12. The Balaban J connectivity index is 1.88. The number of H-pyrrole nitrogens is 2. The van der Waals surface area contributed by atoms with E-state index >= 15 is 0 Å². The molecule has 2 aromatic heterocycles. The lowest BCUT2D eigenvalue weighted by molar-refractivity contribution is 0.874. The number of nitrogens with two attached hydrogens (primary N) is 1. The van der Waals surface area contributed by atoms with Gasteiger partial charge in [-0.2, -0.15) is 4.98 Å². The summed E-state index contributed by atoms with van der Waals surface area (Å²) in [6, 6.07) is 7.23. The molecule has 0 amide bonds. The standard InChI is InChI=1S/C13H13ClN6O/c1-6(16-11-5-10(14)19-12(15)20-11)7-2-3-8-9(4-7)18-13(21)17-8/h2-6H,1H3,(H2,17,18,21)(H3,15,16,19,20)/t6-/m0/s1. The van der Waals surface area contributed by atoms with E-state index in [1.165, 1.54) is 0 Å². The lowest BCUT2D eigenvalue weighted by atomic mass is 10.1. The Morgan fingerprint density at radius 1 is 1.24 bits per heavy atom. The molecule has 1 atom stereocenters. The highest BCUT2D eigenvalue weighted by Gasteiger charge is 2.09. The summed E-state index contributed by atoms with van der Waals surface area (Å²) in [4.78, 5) is 24.6. The van der Waals surface area contributed by atoms with Crippen molar-refractivity contribution in [2.45, 2.75) is 13.0 Å². The van der Waals surface area contributed by atoms with Gasteiger partial charge in [0.05, 0.1) is 17.1 Å². The first-order valence-corrected chi connectivity index (χ1v) is 6.67. The zero-order chi connectivity index (χ0) is 15.0. The molecule has 2 heterocycles. The SMILES string of the molecule is C[C@H](Nc1cc(Cl)nc(N)n1)c1ccc2[nH]c(=O)[nH]c2c1. The van der Waals surface area contributed by atoms with E-state index in [2.05, 4.69) is 25.3 Å². The second-order valence-corrected chi connectivity index (χ2v) is 5.07. The van der Waals surface area contributed by atoms with Crippen LogP contribution in [0.1, 0.15) is 18.5 Å². The van der Waals surface area contributed by atoms with Crippen molar-refractivity contribution in [2.75, 3.05) is 11.1 Å². The fourth-order valence-electron chi connectivity index (χ4n) is 2.13. The van der Waals surface area contributed by atoms with Gasteiger partial charge in [0.1, 0.15) is 11.0 Å². The fraction of sp³-hybridized carbons (Fsp3) is 0.154. The second kappa shape index (κ2) is 5.10. The smallest absolute Gasteiger partial charge is 0.323 e. The Morgan fingerprint density at radius 2 is 2.00 bits per heavy atom. The Bertz CT molecular complexity index is 835. The average Bonchev–Trinajstić information content (AvgIpc) is 2.76. The summed E-state index contributed by atoms with van der Waals surface area (Å²) in [7, 11) is 0. The molecule has 21 heavy (non-hydrogen) atoms. The highest BCUT2D eigenvalue weighted by Crippen LogP contribution is 2.22. The van der Waals surface area contributed by atoms with Crippen molar-refractivity contribution in [3.8, 4) is 0 Å². The predicted molar refractivity (Wildman–Crippen MR) is 82.4 cm³/mol. The lowest BCUT2D eigenvalue weighted by Crippen LogP contribution is -2.09. The minimum absolute atomic E-state index is 0.0434. The number of hydrogen-bond acceptors (Lipinski definition) is 5. The maximum atomic E-state index is 11.3. The predicted octanol–water partition coefficient (Wildman–Crippen LogP) is 2.05. The van der Waals surface area contributed by atoms with Crippen LogP contribution < -0.4 is 16.7 Å². The van der Waals surface area contributed by atoms with Gasteiger partial charge in [-0.15, -0.1) is 0 Å². The highest BCUT2D eigenvalue weighted by atomic mass is 35.5. The van der Waals surface area contributed by atoms with Crippen molar-refractivity contribution in [2.24, 2.45) is 0 Å². The summed E-state index contributed by atoms with van der Waals surface area (Å²) in [5, 5.41) is 3.47. The van der Waals surface area contributed by atoms with Crippen molar-refractivity contribution in [3.63, 3.8) is 0 Å². The Hall–Kier alpha value is -2.54. The summed E-state index contributed by atoms with van der Waals surface area (Å²) in [5.74, 6) is 0.658. The molecule has 5 N–H and O–H groups in total. The van der Waals surface area contributed by atoms with Gasteiger partial charge in [-0.3, -0.25) is 0 Å². The van der Waals surface area contributed by atoms with Gasteiger partial charge in [-0.25, -0.2) is 9.78 Å². The van der Waals surface area contributed by atoms with Gasteiger partial charge in [-0.05, 0) is 24.6 Å². The molecule has 108 valence electrons. The van der Waals surface area contributed by atoms with Crippen LogP contribution in [0.5, 0.6) is 0 Å². The van der Waals surface area contributed by atoms with Gasteiger partial charge in [0.15, 0.2) is 0 Å². The highest BCUT2D eigenvalue weighted by molar-refractivity contribution is 6.29. The number of benzene rings is 1. The quantitative estimate of drug-likeness (QED) is 0.553. The Labute approximate surface area is 124 Å². The van der Waals surface area contributed by atoms with Crippen LogP contribution >= 0.6 is 11.6 Å². The van der Waals surface area contributed by atoms with E-state index in [4.69, 9.17) is 17.3 Å². The van der Waals surface area contributed by atoms with Crippen LogP contribution in [0.3, 0.4) is 0 Å². The molecular weight excluding hydrogens is 292 g/mol. The van der Waals surface area contributed by atoms with Crippen LogP contribution in [-0.2, 0) is 0 Å². The zero-order valence-corrected chi connectivity index (χ0v) is 11.9. The van der Waals surface area contributed by atoms with Crippen LogP contribution in [0, 0.1) is 0 Å². The monoisotopic (exact) mass is 304 g/mol. The van der Waals surface area contributed by atoms with Gasteiger partial charge >= 0.3 is 5.69 Å². The topological polar surface area (TPSA) is 112 Å². The molecule has 0 aliphatic carbocycles. The molecule has 3 aromatic rings. The summed E-state index contributed by atoms with van der Waals surface area (Å²) in [5.41, 5.74) is 7.85. The largest absolute Gasteiger partial charge is 0.368 e. The van der Waals surface area contributed by atoms with Crippen molar-refractivity contribution in [3.05, 3.63) is 45.5 Å². The number of nitrogens with zero attached hydrogens (tertiary/aromatic N) is 2. The first-order chi connectivity index (χ1) is 10.0. The summed E-state index contributed by atoms with van der Waals surface area (Å²) in [6.45, 7) is 1.97. The molecule has 0 saturated heterocycles. The molecule has 0 aliphatic heterocycles. The second-order valence-electron chi connectivity index (χ2n) is 4.68. The number of fused-ring (bicyclic) bond motifs is 1.